The number of ether oxygens (including phenoxy) is 1. The number of non-ortho nitro benzene ring substituents is 1. The quantitative estimate of drug-likeness (QED) is 0.337. The molecular formula is C10H10N2O4. The molecule has 1 rings (SSSR count). The van der Waals surface area contributed by atoms with Crippen LogP contribution in [0.25, 0.3) is 0 Å². The molecule has 1 atom stereocenters. The second-order valence-corrected chi connectivity index (χ2v) is 3.08. The van der Waals surface area contributed by atoms with E-state index < -0.39 is 11.0 Å². The molecule has 1 aromatic carbocycles. The Bertz CT molecular complexity index is 452. The van der Waals surface area contributed by atoms with Crippen molar-refractivity contribution >= 4 is 11.8 Å². The van der Waals surface area contributed by atoms with Crippen LogP contribution in [0.2, 0.25) is 0 Å². The number of hydrogen-bond donors (Lipinski definition) is 0. The number of hydrogen-bond acceptors (Lipinski definition) is 5. The number of methoxy groups -OCH3 is 1. The van der Waals surface area contributed by atoms with Gasteiger partial charge in [0.05, 0.1) is 24.1 Å². The van der Waals surface area contributed by atoms with E-state index in [0.29, 0.717) is 11.3 Å². The van der Waals surface area contributed by atoms with Gasteiger partial charge in [0.25, 0.3) is 5.69 Å². The van der Waals surface area contributed by atoms with Gasteiger partial charge in [0.2, 0.25) is 6.08 Å². The van der Waals surface area contributed by atoms with E-state index in [0.717, 1.165) is 0 Å². The summed E-state index contributed by atoms with van der Waals surface area (Å²) in [7, 11) is 1.40. The summed E-state index contributed by atoms with van der Waals surface area (Å²) in [5, 5.41) is 10.5. The first kappa shape index (κ1) is 11.9. The lowest BCUT2D eigenvalue weighted by molar-refractivity contribution is -0.384. The Hall–Kier alpha value is -2.20. The molecule has 0 aromatic heterocycles. The van der Waals surface area contributed by atoms with Gasteiger partial charge in [-0.2, -0.15) is 4.99 Å². The molecule has 6 heteroatoms. The van der Waals surface area contributed by atoms with Crippen molar-refractivity contribution in [1.82, 2.24) is 0 Å². The summed E-state index contributed by atoms with van der Waals surface area (Å²) >= 11 is 0. The molecule has 1 unspecified atom stereocenters. The van der Waals surface area contributed by atoms with Gasteiger partial charge in [0.1, 0.15) is 5.75 Å². The minimum Gasteiger partial charge on any atom is -0.496 e. The number of aliphatic imine (C=N–C) groups is 1. The molecule has 0 aliphatic rings. The second-order valence-electron chi connectivity index (χ2n) is 3.08. The predicted octanol–water partition coefficient (Wildman–Crippen LogP) is 2.00. The molecule has 0 spiro atoms. The number of carbonyl (C=O) groups excluding carboxylic acids is 1. The van der Waals surface area contributed by atoms with Crippen LogP contribution in [0.3, 0.4) is 0 Å². The molecule has 6 nitrogen and oxygen atoms in total. The van der Waals surface area contributed by atoms with Crippen molar-refractivity contribution in [2.75, 3.05) is 7.11 Å². The average Bonchev–Trinajstić information content (AvgIpc) is 2.28. The molecule has 0 heterocycles. The van der Waals surface area contributed by atoms with Crippen LogP contribution in [-0.2, 0) is 4.79 Å². The molecule has 0 saturated carbocycles. The second kappa shape index (κ2) is 5.04. The highest BCUT2D eigenvalue weighted by Crippen LogP contribution is 2.30. The molecular weight excluding hydrogens is 212 g/mol. The Morgan fingerprint density at radius 1 is 1.56 bits per heavy atom. The fourth-order valence-electron chi connectivity index (χ4n) is 1.31. The molecule has 0 saturated heterocycles. The van der Waals surface area contributed by atoms with E-state index in [-0.39, 0.29) is 5.69 Å². The minimum absolute atomic E-state index is 0.0668. The van der Waals surface area contributed by atoms with Crippen LogP contribution < -0.4 is 4.74 Å². The smallest absolute Gasteiger partial charge is 0.273 e. The minimum atomic E-state index is -0.514. The first-order chi connectivity index (χ1) is 7.60. The zero-order valence-corrected chi connectivity index (χ0v) is 8.84. The van der Waals surface area contributed by atoms with Crippen LogP contribution in [0.15, 0.2) is 23.2 Å². The molecule has 0 N–H and O–H groups in total. The zero-order valence-electron chi connectivity index (χ0n) is 8.84. The summed E-state index contributed by atoms with van der Waals surface area (Å²) in [6.07, 6.45) is 1.44. The van der Waals surface area contributed by atoms with Crippen molar-refractivity contribution in [3.8, 4) is 5.75 Å². The molecule has 16 heavy (non-hydrogen) atoms. The number of benzene rings is 1. The van der Waals surface area contributed by atoms with Crippen LogP contribution in [0, 0.1) is 10.1 Å². The highest BCUT2D eigenvalue weighted by atomic mass is 16.6. The molecule has 0 amide bonds. The summed E-state index contributed by atoms with van der Waals surface area (Å²) in [4.78, 5) is 23.7. The van der Waals surface area contributed by atoms with Gasteiger partial charge in [-0.15, -0.1) is 0 Å². The number of nitrogens with zero attached hydrogens (tertiary/aromatic N) is 2. The van der Waals surface area contributed by atoms with Gasteiger partial charge in [-0.05, 0) is 13.0 Å². The maximum absolute atomic E-state index is 10.5. The van der Waals surface area contributed by atoms with Crippen LogP contribution in [-0.4, -0.2) is 18.1 Å². The third-order valence-electron chi connectivity index (χ3n) is 2.12. The largest absolute Gasteiger partial charge is 0.496 e. The molecule has 0 fully saturated rings. The van der Waals surface area contributed by atoms with E-state index in [4.69, 9.17) is 4.74 Å². The van der Waals surface area contributed by atoms with Crippen molar-refractivity contribution in [3.63, 3.8) is 0 Å². The number of nitro groups is 1. The van der Waals surface area contributed by atoms with Crippen molar-refractivity contribution in [2.24, 2.45) is 4.99 Å². The SMILES string of the molecule is COc1cc([N+](=O)[O-])ccc1C(C)N=C=O. The standard InChI is InChI=1S/C10H10N2O4/c1-7(11-6-13)9-4-3-8(12(14)15)5-10(9)16-2/h3-5,7H,1-2H3. The third-order valence-corrected chi connectivity index (χ3v) is 2.12. The summed E-state index contributed by atoms with van der Waals surface area (Å²) < 4.78 is 5.01. The van der Waals surface area contributed by atoms with Gasteiger partial charge in [0, 0.05) is 11.6 Å². The van der Waals surface area contributed by atoms with Gasteiger partial charge in [-0.25, -0.2) is 4.79 Å². The van der Waals surface area contributed by atoms with Gasteiger partial charge in [-0.3, -0.25) is 10.1 Å². The van der Waals surface area contributed by atoms with E-state index in [2.05, 4.69) is 4.99 Å². The fraction of sp³-hybridized carbons (Fsp3) is 0.300. The normalized spacial score (nSPS) is 11.4. The third kappa shape index (κ3) is 2.43. The maximum atomic E-state index is 10.5. The van der Waals surface area contributed by atoms with E-state index in [1.54, 1.807) is 6.92 Å². The Morgan fingerprint density at radius 3 is 2.75 bits per heavy atom. The van der Waals surface area contributed by atoms with Crippen LogP contribution >= 0.6 is 0 Å². The van der Waals surface area contributed by atoms with Crippen molar-refractivity contribution in [2.45, 2.75) is 13.0 Å². The lowest BCUT2D eigenvalue weighted by Crippen LogP contribution is -1.97. The Morgan fingerprint density at radius 2 is 2.25 bits per heavy atom. The van der Waals surface area contributed by atoms with Crippen molar-refractivity contribution in [1.29, 1.82) is 0 Å². The zero-order chi connectivity index (χ0) is 12.1. The first-order valence-electron chi connectivity index (χ1n) is 4.49. The molecule has 0 aliphatic carbocycles. The van der Waals surface area contributed by atoms with Gasteiger partial charge < -0.3 is 4.74 Å². The maximum Gasteiger partial charge on any atom is 0.273 e. The highest BCUT2D eigenvalue weighted by molar-refractivity contribution is 5.47. The first-order valence-corrected chi connectivity index (χ1v) is 4.49. The van der Waals surface area contributed by atoms with Gasteiger partial charge in [0.15, 0.2) is 0 Å². The van der Waals surface area contributed by atoms with E-state index >= 15 is 0 Å². The molecule has 0 aliphatic heterocycles. The summed E-state index contributed by atoms with van der Waals surface area (Å²) in [5.74, 6) is 0.334. The van der Waals surface area contributed by atoms with E-state index in [1.165, 1.54) is 31.4 Å². The van der Waals surface area contributed by atoms with Crippen LogP contribution in [0.4, 0.5) is 5.69 Å². The summed E-state index contributed by atoms with van der Waals surface area (Å²) in [6.45, 7) is 1.68. The molecule has 0 radical (unpaired) electrons. The topological polar surface area (TPSA) is 81.8 Å². The summed E-state index contributed by atoms with van der Waals surface area (Å²) in [5.41, 5.74) is 0.541. The monoisotopic (exact) mass is 222 g/mol. The van der Waals surface area contributed by atoms with Crippen molar-refractivity contribution < 1.29 is 14.5 Å². The van der Waals surface area contributed by atoms with Crippen molar-refractivity contribution in [3.05, 3.63) is 33.9 Å². The molecule has 84 valence electrons. The Balaban J connectivity index is 3.21. The van der Waals surface area contributed by atoms with Crippen LogP contribution in [0.5, 0.6) is 5.75 Å². The number of rotatable bonds is 4. The number of isocyanates is 1. The number of nitro benzene ring substituents is 1. The van der Waals surface area contributed by atoms with Crippen LogP contribution in [0.1, 0.15) is 18.5 Å². The fourth-order valence-corrected chi connectivity index (χ4v) is 1.31. The predicted molar refractivity (Wildman–Crippen MR) is 56.2 cm³/mol. The van der Waals surface area contributed by atoms with E-state index in [1.807, 2.05) is 0 Å². The highest BCUT2D eigenvalue weighted by Gasteiger charge is 2.15. The molecule has 0 bridgehead atoms. The molecule has 1 aromatic rings. The summed E-state index contributed by atoms with van der Waals surface area (Å²) in [6, 6.07) is 3.72. The van der Waals surface area contributed by atoms with Gasteiger partial charge in [-0.1, -0.05) is 0 Å². The van der Waals surface area contributed by atoms with E-state index in [9.17, 15) is 14.9 Å². The lowest BCUT2D eigenvalue weighted by Gasteiger charge is -2.10. The Labute approximate surface area is 91.7 Å². The average molecular weight is 222 g/mol. The Kier molecular flexibility index (Phi) is 3.74. The van der Waals surface area contributed by atoms with Gasteiger partial charge >= 0.3 is 0 Å². The lowest BCUT2D eigenvalue weighted by atomic mass is 10.1.